The summed E-state index contributed by atoms with van der Waals surface area (Å²) < 4.78 is 1.55. The summed E-state index contributed by atoms with van der Waals surface area (Å²) in [6, 6.07) is 10.6. The third-order valence-corrected chi connectivity index (χ3v) is 5.95. The standard InChI is InChI=1S/C18H9Cl5N4S/c1-28-17-13-14(9-4-2-3-5-10(9)20)24-18(23)25-16(13)27(26-17)15-11(21)6-8(19)7-12(15)22/h2-7H,1H3. The van der Waals surface area contributed by atoms with E-state index >= 15 is 0 Å². The summed E-state index contributed by atoms with van der Waals surface area (Å²) in [6.45, 7) is 0. The second-order valence-electron chi connectivity index (χ2n) is 5.66. The van der Waals surface area contributed by atoms with Gasteiger partial charge in [-0.25, -0.2) is 9.67 Å². The maximum atomic E-state index is 6.41. The third-order valence-electron chi connectivity index (χ3n) is 3.98. The van der Waals surface area contributed by atoms with E-state index in [1.165, 1.54) is 11.8 Å². The molecule has 0 saturated heterocycles. The molecule has 4 nitrogen and oxygen atoms in total. The highest BCUT2D eigenvalue weighted by molar-refractivity contribution is 7.98. The molecule has 2 aromatic heterocycles. The van der Waals surface area contributed by atoms with Gasteiger partial charge in [-0.15, -0.1) is 11.8 Å². The van der Waals surface area contributed by atoms with E-state index in [-0.39, 0.29) is 5.28 Å². The Kier molecular flexibility index (Phi) is 5.67. The number of thioether (sulfide) groups is 1. The fourth-order valence-electron chi connectivity index (χ4n) is 2.84. The van der Waals surface area contributed by atoms with Crippen molar-refractivity contribution < 1.29 is 0 Å². The van der Waals surface area contributed by atoms with E-state index in [1.807, 2.05) is 24.5 Å². The molecular weight excluding hydrogens is 482 g/mol. The lowest BCUT2D eigenvalue weighted by Crippen LogP contribution is -2.01. The Morgan fingerprint density at radius 1 is 0.893 bits per heavy atom. The van der Waals surface area contributed by atoms with E-state index in [1.54, 1.807) is 22.9 Å². The summed E-state index contributed by atoms with van der Waals surface area (Å²) in [7, 11) is 0. The number of halogens is 5. The van der Waals surface area contributed by atoms with E-state index in [0.717, 1.165) is 5.56 Å². The Morgan fingerprint density at radius 2 is 1.57 bits per heavy atom. The van der Waals surface area contributed by atoms with Crippen molar-refractivity contribution in [1.29, 1.82) is 0 Å². The van der Waals surface area contributed by atoms with E-state index in [9.17, 15) is 0 Å². The molecule has 0 aliphatic heterocycles. The molecule has 28 heavy (non-hydrogen) atoms. The molecule has 4 rings (SSSR count). The Balaban J connectivity index is 2.12. The van der Waals surface area contributed by atoms with Gasteiger partial charge in [0.05, 0.1) is 21.1 Å². The normalized spacial score (nSPS) is 11.4. The van der Waals surface area contributed by atoms with Crippen LogP contribution in [0.1, 0.15) is 0 Å². The predicted molar refractivity (Wildman–Crippen MR) is 119 cm³/mol. The van der Waals surface area contributed by atoms with Crippen molar-refractivity contribution in [3.8, 4) is 16.9 Å². The van der Waals surface area contributed by atoms with E-state index in [2.05, 4.69) is 15.1 Å². The van der Waals surface area contributed by atoms with Gasteiger partial charge in [0, 0.05) is 15.6 Å². The van der Waals surface area contributed by atoms with E-state index in [0.29, 0.717) is 47.5 Å². The summed E-state index contributed by atoms with van der Waals surface area (Å²) in [6.07, 6.45) is 1.90. The zero-order valence-corrected chi connectivity index (χ0v) is 18.6. The van der Waals surface area contributed by atoms with Gasteiger partial charge in [-0.05, 0) is 36.1 Å². The molecule has 2 heterocycles. The third kappa shape index (κ3) is 3.45. The number of hydrogen-bond donors (Lipinski definition) is 0. The Labute approximate surface area is 189 Å². The average molecular weight is 491 g/mol. The molecule has 0 amide bonds. The van der Waals surface area contributed by atoms with Crippen LogP contribution in [0, 0.1) is 0 Å². The van der Waals surface area contributed by atoms with Gasteiger partial charge in [0.15, 0.2) is 5.65 Å². The number of nitrogens with zero attached hydrogens (tertiary/aromatic N) is 4. The first-order valence-electron chi connectivity index (χ1n) is 7.80. The molecule has 0 aliphatic carbocycles. The zero-order valence-electron chi connectivity index (χ0n) is 14.1. The Hall–Kier alpha value is -1.21. The predicted octanol–water partition coefficient (Wildman–Crippen LogP) is 7.47. The van der Waals surface area contributed by atoms with Crippen molar-refractivity contribution >= 4 is 80.8 Å². The van der Waals surface area contributed by atoms with Crippen LogP contribution in [0.4, 0.5) is 0 Å². The van der Waals surface area contributed by atoms with Gasteiger partial charge in [0.1, 0.15) is 10.7 Å². The van der Waals surface area contributed by atoms with Crippen LogP contribution < -0.4 is 0 Å². The summed E-state index contributed by atoms with van der Waals surface area (Å²) in [5, 5.41) is 7.72. The minimum Gasteiger partial charge on any atom is -0.217 e. The lowest BCUT2D eigenvalue weighted by Gasteiger charge is -2.10. The van der Waals surface area contributed by atoms with E-state index in [4.69, 9.17) is 58.0 Å². The van der Waals surface area contributed by atoms with Gasteiger partial charge < -0.3 is 0 Å². The average Bonchev–Trinajstić information content (AvgIpc) is 2.99. The fraction of sp³-hybridized carbons (Fsp3) is 0.0556. The number of aromatic nitrogens is 4. The number of benzene rings is 2. The van der Waals surface area contributed by atoms with Gasteiger partial charge >= 0.3 is 0 Å². The molecule has 0 N–H and O–H groups in total. The molecule has 0 fully saturated rings. The van der Waals surface area contributed by atoms with Crippen molar-refractivity contribution in [3.63, 3.8) is 0 Å². The quantitative estimate of drug-likeness (QED) is 0.221. The highest BCUT2D eigenvalue weighted by Crippen LogP contribution is 2.40. The summed E-state index contributed by atoms with van der Waals surface area (Å²) in [4.78, 5) is 8.81. The highest BCUT2D eigenvalue weighted by atomic mass is 35.5. The minimum absolute atomic E-state index is 0.0532. The van der Waals surface area contributed by atoms with Crippen molar-refractivity contribution in [1.82, 2.24) is 19.7 Å². The molecule has 0 unspecified atom stereocenters. The van der Waals surface area contributed by atoms with Crippen LogP contribution in [0.3, 0.4) is 0 Å². The molecule has 0 radical (unpaired) electrons. The topological polar surface area (TPSA) is 43.6 Å². The zero-order chi connectivity index (χ0) is 20.0. The van der Waals surface area contributed by atoms with Gasteiger partial charge in [-0.2, -0.15) is 10.1 Å². The molecule has 10 heteroatoms. The van der Waals surface area contributed by atoms with Crippen LogP contribution in [0.2, 0.25) is 25.4 Å². The van der Waals surface area contributed by atoms with Crippen LogP contribution in [-0.4, -0.2) is 26.0 Å². The van der Waals surface area contributed by atoms with Crippen LogP contribution >= 0.6 is 69.8 Å². The van der Waals surface area contributed by atoms with Crippen LogP contribution in [0.5, 0.6) is 0 Å². The molecule has 0 saturated carbocycles. The molecular formula is C18H9Cl5N4S. The molecule has 0 bridgehead atoms. The van der Waals surface area contributed by atoms with Crippen molar-refractivity contribution in [2.45, 2.75) is 5.03 Å². The van der Waals surface area contributed by atoms with Crippen LogP contribution in [-0.2, 0) is 0 Å². The SMILES string of the molecule is CSc1nn(-c2c(Cl)cc(Cl)cc2Cl)c2nc(Cl)nc(-c3ccccc3Cl)c12. The van der Waals surface area contributed by atoms with Gasteiger partial charge in [0.25, 0.3) is 0 Å². The molecule has 0 atom stereocenters. The molecule has 2 aromatic carbocycles. The van der Waals surface area contributed by atoms with Crippen molar-refractivity contribution in [3.05, 3.63) is 61.8 Å². The van der Waals surface area contributed by atoms with E-state index < -0.39 is 0 Å². The first kappa shape index (κ1) is 20.1. The Morgan fingerprint density at radius 3 is 2.21 bits per heavy atom. The van der Waals surface area contributed by atoms with Crippen molar-refractivity contribution in [2.24, 2.45) is 0 Å². The second kappa shape index (κ2) is 7.90. The molecule has 4 aromatic rings. The van der Waals surface area contributed by atoms with Gasteiger partial charge in [0.2, 0.25) is 5.28 Å². The highest BCUT2D eigenvalue weighted by Gasteiger charge is 2.23. The second-order valence-corrected chi connectivity index (χ2v) is 8.45. The smallest absolute Gasteiger partial charge is 0.217 e. The number of rotatable bonds is 3. The minimum atomic E-state index is 0.0532. The lowest BCUT2D eigenvalue weighted by atomic mass is 10.1. The molecule has 142 valence electrons. The fourth-order valence-corrected chi connectivity index (χ4v) is 4.77. The maximum absolute atomic E-state index is 6.41. The van der Waals surface area contributed by atoms with Gasteiger partial charge in [-0.3, -0.25) is 0 Å². The summed E-state index contributed by atoms with van der Waals surface area (Å²) in [5.41, 5.74) is 2.22. The number of fused-ring (bicyclic) bond motifs is 1. The monoisotopic (exact) mass is 488 g/mol. The van der Waals surface area contributed by atoms with Crippen LogP contribution in [0.15, 0.2) is 41.4 Å². The first-order valence-corrected chi connectivity index (χ1v) is 10.9. The largest absolute Gasteiger partial charge is 0.225 e. The van der Waals surface area contributed by atoms with Crippen LogP contribution in [0.25, 0.3) is 28.0 Å². The van der Waals surface area contributed by atoms with Crippen molar-refractivity contribution in [2.75, 3.05) is 6.26 Å². The summed E-state index contributed by atoms with van der Waals surface area (Å²) in [5.74, 6) is 0. The molecule has 0 aliphatic rings. The summed E-state index contributed by atoms with van der Waals surface area (Å²) >= 11 is 32.9. The lowest BCUT2D eigenvalue weighted by molar-refractivity contribution is 0.852. The molecule has 0 spiro atoms. The Bertz CT molecular complexity index is 1200. The first-order chi connectivity index (χ1) is 13.4. The number of hydrogen-bond acceptors (Lipinski definition) is 4. The van der Waals surface area contributed by atoms with Gasteiger partial charge in [-0.1, -0.05) is 64.6 Å². The maximum Gasteiger partial charge on any atom is 0.225 e.